The number of benzene rings is 5. The number of methoxy groups -OCH3 is 3. The SMILES string of the molecule is COc1cc(OC)c(OC)cc1/C=C(\NC(=O)c1ccccc1)C(=O)Nc1ccc(SC2CC(=O)N(c3ccc(-c4nc5ccccc5o4)cc3)C2=O)cc1. The zero-order valence-corrected chi connectivity index (χ0v) is 30.7. The number of anilines is 2. The molecule has 2 heterocycles. The molecule has 1 aliphatic heterocycles. The highest BCUT2D eigenvalue weighted by molar-refractivity contribution is 8.00. The molecule has 1 fully saturated rings. The van der Waals surface area contributed by atoms with Gasteiger partial charge in [-0.15, -0.1) is 11.8 Å². The van der Waals surface area contributed by atoms with E-state index in [1.165, 1.54) is 44.1 Å². The molecule has 0 radical (unpaired) electrons. The summed E-state index contributed by atoms with van der Waals surface area (Å²) in [7, 11) is 4.46. The fourth-order valence-electron chi connectivity index (χ4n) is 5.96. The number of para-hydroxylation sites is 2. The Morgan fingerprint density at radius 1 is 0.818 bits per heavy atom. The molecular formula is C42H34N4O8S. The molecule has 12 nitrogen and oxygen atoms in total. The predicted octanol–water partition coefficient (Wildman–Crippen LogP) is 7.35. The van der Waals surface area contributed by atoms with Gasteiger partial charge in [-0.25, -0.2) is 9.88 Å². The van der Waals surface area contributed by atoms with E-state index in [0.717, 1.165) is 16.0 Å². The fraction of sp³-hybridized carbons (Fsp3) is 0.119. The van der Waals surface area contributed by atoms with Gasteiger partial charge in [0.2, 0.25) is 17.7 Å². The number of thioether (sulfide) groups is 1. The Morgan fingerprint density at radius 2 is 1.49 bits per heavy atom. The van der Waals surface area contributed by atoms with Crippen molar-refractivity contribution < 1.29 is 37.8 Å². The number of nitrogens with one attached hydrogen (secondary N) is 2. The quantitative estimate of drug-likeness (QED) is 0.0959. The van der Waals surface area contributed by atoms with Crippen LogP contribution in [0.2, 0.25) is 0 Å². The largest absolute Gasteiger partial charge is 0.496 e. The molecule has 0 bridgehead atoms. The van der Waals surface area contributed by atoms with E-state index in [9.17, 15) is 19.2 Å². The molecule has 4 amide bonds. The summed E-state index contributed by atoms with van der Waals surface area (Å²) < 4.78 is 22.2. The molecule has 5 aromatic carbocycles. The topological polar surface area (TPSA) is 149 Å². The van der Waals surface area contributed by atoms with Crippen LogP contribution in [0.25, 0.3) is 28.6 Å². The molecule has 0 spiro atoms. The van der Waals surface area contributed by atoms with Gasteiger partial charge in [0.25, 0.3) is 11.8 Å². The van der Waals surface area contributed by atoms with Crippen LogP contribution in [0, 0.1) is 0 Å². The molecule has 1 unspecified atom stereocenters. The Morgan fingerprint density at radius 3 is 2.18 bits per heavy atom. The second-order valence-corrected chi connectivity index (χ2v) is 13.5. The predicted molar refractivity (Wildman–Crippen MR) is 209 cm³/mol. The molecule has 55 heavy (non-hydrogen) atoms. The van der Waals surface area contributed by atoms with E-state index in [0.29, 0.717) is 51.2 Å². The van der Waals surface area contributed by atoms with Crippen molar-refractivity contribution in [3.8, 4) is 28.7 Å². The number of aromatic nitrogens is 1. The minimum Gasteiger partial charge on any atom is -0.496 e. The van der Waals surface area contributed by atoms with Crippen LogP contribution in [-0.2, 0) is 14.4 Å². The van der Waals surface area contributed by atoms with Crippen LogP contribution in [0.1, 0.15) is 22.3 Å². The van der Waals surface area contributed by atoms with Crippen LogP contribution >= 0.6 is 11.8 Å². The lowest BCUT2D eigenvalue weighted by Crippen LogP contribution is -2.31. The number of amides is 4. The summed E-state index contributed by atoms with van der Waals surface area (Å²) >= 11 is 1.26. The molecule has 276 valence electrons. The lowest BCUT2D eigenvalue weighted by Gasteiger charge is -2.15. The summed E-state index contributed by atoms with van der Waals surface area (Å²) in [5, 5.41) is 4.91. The average molecular weight is 755 g/mol. The Balaban J connectivity index is 1.05. The van der Waals surface area contributed by atoms with Crippen molar-refractivity contribution in [3.05, 3.63) is 132 Å². The first-order valence-electron chi connectivity index (χ1n) is 17.0. The number of carbonyl (C=O) groups is 4. The third-order valence-electron chi connectivity index (χ3n) is 8.73. The highest BCUT2D eigenvalue weighted by Crippen LogP contribution is 2.37. The number of imide groups is 1. The number of ether oxygens (including phenoxy) is 3. The summed E-state index contributed by atoms with van der Waals surface area (Å²) in [5.74, 6) is -0.0575. The number of nitrogens with zero attached hydrogens (tertiary/aromatic N) is 2. The molecule has 1 atom stereocenters. The summed E-state index contributed by atoms with van der Waals surface area (Å²) in [6.45, 7) is 0. The second kappa shape index (κ2) is 16.0. The van der Waals surface area contributed by atoms with Crippen molar-refractivity contribution in [2.45, 2.75) is 16.6 Å². The number of hydrogen-bond donors (Lipinski definition) is 2. The number of carbonyl (C=O) groups excluding carboxylic acids is 4. The van der Waals surface area contributed by atoms with E-state index >= 15 is 0 Å². The first-order chi connectivity index (χ1) is 26.7. The second-order valence-electron chi connectivity index (χ2n) is 12.2. The van der Waals surface area contributed by atoms with Crippen molar-refractivity contribution in [1.82, 2.24) is 10.3 Å². The summed E-state index contributed by atoms with van der Waals surface area (Å²) in [4.78, 5) is 59.9. The minimum absolute atomic E-state index is 0.0315. The third-order valence-corrected chi connectivity index (χ3v) is 9.92. The van der Waals surface area contributed by atoms with Crippen LogP contribution in [0.5, 0.6) is 17.2 Å². The molecule has 0 saturated carbocycles. The van der Waals surface area contributed by atoms with E-state index in [-0.39, 0.29) is 23.9 Å². The minimum atomic E-state index is -0.635. The van der Waals surface area contributed by atoms with E-state index in [1.807, 2.05) is 24.3 Å². The van der Waals surface area contributed by atoms with E-state index in [4.69, 9.17) is 18.6 Å². The molecule has 1 saturated heterocycles. The van der Waals surface area contributed by atoms with Crippen LogP contribution in [0.3, 0.4) is 0 Å². The standard InChI is InChI=1S/C42H34N4O8S/c1-51-34-23-36(53-3)35(52-2)22-27(34)21-32(44-39(48)25-9-5-4-6-10-25)40(49)43-28-15-19-30(20-16-28)55-37-24-38(47)46(42(37)50)29-17-13-26(14-18-29)41-45-31-11-7-8-12-33(31)54-41/h4-23,37H,24H2,1-3H3,(H,43,49)(H,44,48)/b32-21-. The summed E-state index contributed by atoms with van der Waals surface area (Å²) in [5.41, 5.74) is 3.78. The van der Waals surface area contributed by atoms with Crippen LogP contribution < -0.4 is 29.7 Å². The Bertz CT molecular complexity index is 2400. The van der Waals surface area contributed by atoms with Gasteiger partial charge in [-0.2, -0.15) is 0 Å². The van der Waals surface area contributed by atoms with Crippen molar-refractivity contribution >= 4 is 63.9 Å². The van der Waals surface area contributed by atoms with Gasteiger partial charge >= 0.3 is 0 Å². The summed E-state index contributed by atoms with van der Waals surface area (Å²) in [6.07, 6.45) is 1.52. The Hall–Kier alpha value is -6.86. The molecule has 7 rings (SSSR count). The fourth-order valence-corrected chi connectivity index (χ4v) is 7.01. The first kappa shape index (κ1) is 36.5. The average Bonchev–Trinajstić information content (AvgIpc) is 3.77. The lowest BCUT2D eigenvalue weighted by atomic mass is 10.1. The van der Waals surface area contributed by atoms with Gasteiger partial charge in [-0.3, -0.25) is 19.2 Å². The zero-order chi connectivity index (χ0) is 38.5. The zero-order valence-electron chi connectivity index (χ0n) is 29.9. The highest BCUT2D eigenvalue weighted by Gasteiger charge is 2.40. The van der Waals surface area contributed by atoms with Gasteiger partial charge in [-0.05, 0) is 84.9 Å². The molecular weight excluding hydrogens is 721 g/mol. The monoisotopic (exact) mass is 754 g/mol. The Kier molecular flexibility index (Phi) is 10.6. The summed E-state index contributed by atoms with van der Waals surface area (Å²) in [6, 6.07) is 33.0. The number of rotatable bonds is 12. The van der Waals surface area contributed by atoms with E-state index in [1.54, 1.807) is 91.0 Å². The van der Waals surface area contributed by atoms with Gasteiger partial charge in [-0.1, -0.05) is 30.3 Å². The Labute approximate surface area is 320 Å². The van der Waals surface area contributed by atoms with Crippen molar-refractivity contribution in [3.63, 3.8) is 0 Å². The maximum Gasteiger partial charge on any atom is 0.272 e. The van der Waals surface area contributed by atoms with Crippen molar-refractivity contribution in [1.29, 1.82) is 0 Å². The lowest BCUT2D eigenvalue weighted by molar-refractivity contribution is -0.121. The number of fused-ring (bicyclic) bond motifs is 1. The molecule has 0 aliphatic carbocycles. The normalized spacial score (nSPS) is 14.2. The van der Waals surface area contributed by atoms with E-state index < -0.39 is 17.1 Å². The van der Waals surface area contributed by atoms with Crippen LogP contribution in [0.15, 0.2) is 130 Å². The van der Waals surface area contributed by atoms with Crippen molar-refractivity contribution in [2.75, 3.05) is 31.5 Å². The van der Waals surface area contributed by atoms with Gasteiger partial charge in [0.05, 0.1) is 32.3 Å². The molecule has 1 aliphatic rings. The molecule has 2 N–H and O–H groups in total. The van der Waals surface area contributed by atoms with Gasteiger partial charge < -0.3 is 29.3 Å². The third kappa shape index (κ3) is 7.92. The number of oxazole rings is 1. The first-order valence-corrected chi connectivity index (χ1v) is 17.9. The van der Waals surface area contributed by atoms with E-state index in [2.05, 4.69) is 15.6 Å². The number of hydrogen-bond acceptors (Lipinski definition) is 10. The van der Waals surface area contributed by atoms with Crippen LogP contribution in [-0.4, -0.2) is 55.2 Å². The van der Waals surface area contributed by atoms with Crippen LogP contribution in [0.4, 0.5) is 11.4 Å². The highest BCUT2D eigenvalue weighted by atomic mass is 32.2. The van der Waals surface area contributed by atoms with Crippen molar-refractivity contribution in [2.24, 2.45) is 0 Å². The molecule has 13 heteroatoms. The van der Waals surface area contributed by atoms with Gasteiger partial charge in [0.15, 0.2) is 17.1 Å². The maximum atomic E-state index is 13.7. The maximum absolute atomic E-state index is 13.7. The molecule has 6 aromatic rings. The van der Waals surface area contributed by atoms with Gasteiger partial charge in [0.1, 0.15) is 17.0 Å². The smallest absolute Gasteiger partial charge is 0.272 e. The molecule has 1 aromatic heterocycles. The van der Waals surface area contributed by atoms with Gasteiger partial charge in [0, 0.05) is 39.8 Å².